The Hall–Kier alpha value is -2.63. The maximum Gasteiger partial charge on any atom is 0.272 e. The lowest BCUT2D eigenvalue weighted by Gasteiger charge is -2.11. The van der Waals surface area contributed by atoms with Crippen LogP contribution in [0, 0.1) is 0 Å². The van der Waals surface area contributed by atoms with Gasteiger partial charge in [-0.1, -0.05) is 6.07 Å². The van der Waals surface area contributed by atoms with Crippen molar-refractivity contribution in [1.82, 2.24) is 9.38 Å². The highest BCUT2D eigenvalue weighted by molar-refractivity contribution is 5.62. The van der Waals surface area contributed by atoms with Crippen molar-refractivity contribution in [2.45, 2.75) is 32.2 Å². The third-order valence-electron chi connectivity index (χ3n) is 4.17. The summed E-state index contributed by atoms with van der Waals surface area (Å²) in [5.74, 6) is 0.832. The molecule has 0 saturated heterocycles. The number of fused-ring (bicyclic) bond motifs is 1. The fourth-order valence-electron chi connectivity index (χ4n) is 2.80. The van der Waals surface area contributed by atoms with Gasteiger partial charge in [-0.2, -0.15) is 0 Å². The highest BCUT2D eigenvalue weighted by atomic mass is 16.5. The van der Waals surface area contributed by atoms with E-state index in [4.69, 9.17) is 4.74 Å². The van der Waals surface area contributed by atoms with Gasteiger partial charge < -0.3 is 14.5 Å². The van der Waals surface area contributed by atoms with Gasteiger partial charge in [0.15, 0.2) is 5.75 Å². The molecule has 1 N–H and O–H groups in total. The molecule has 1 aliphatic carbocycles. The Morgan fingerprint density at radius 2 is 2.09 bits per heavy atom. The minimum atomic E-state index is -0.557. The van der Waals surface area contributed by atoms with Crippen LogP contribution < -0.4 is 20.9 Å². The van der Waals surface area contributed by atoms with Crippen LogP contribution in [0.3, 0.4) is 0 Å². The number of nitrogens with one attached hydrogen (secondary N) is 1. The maximum atomic E-state index is 11.6. The van der Waals surface area contributed by atoms with Gasteiger partial charge in [0, 0.05) is 12.4 Å². The summed E-state index contributed by atoms with van der Waals surface area (Å²) in [4.78, 5) is 27.5. The van der Waals surface area contributed by atoms with Gasteiger partial charge >= 0.3 is 0 Å². The minimum Gasteiger partial charge on any atom is -0.488 e. The summed E-state index contributed by atoms with van der Waals surface area (Å²) >= 11 is 0. The van der Waals surface area contributed by atoms with Crippen LogP contribution in [0.5, 0.6) is 5.75 Å². The third kappa shape index (κ3) is 2.40. The van der Waals surface area contributed by atoms with Gasteiger partial charge in [0.1, 0.15) is 11.3 Å². The first-order chi connectivity index (χ1) is 11.2. The molecule has 1 aromatic carbocycles. The molecule has 118 valence electrons. The van der Waals surface area contributed by atoms with Gasteiger partial charge in [-0.25, -0.2) is 4.98 Å². The number of hydrogen-bond donors (Lipinski definition) is 1. The van der Waals surface area contributed by atoms with Crippen molar-refractivity contribution < 1.29 is 4.74 Å². The molecule has 6 nitrogen and oxygen atoms in total. The van der Waals surface area contributed by atoms with E-state index in [1.165, 1.54) is 18.4 Å². The first-order valence-electron chi connectivity index (χ1n) is 7.85. The fraction of sp³-hybridized carbons (Fsp3) is 0.353. The Morgan fingerprint density at radius 3 is 2.83 bits per heavy atom. The molecule has 3 aromatic rings. The number of rotatable bonds is 6. The summed E-state index contributed by atoms with van der Waals surface area (Å²) in [7, 11) is 0. The van der Waals surface area contributed by atoms with E-state index in [2.05, 4.69) is 22.6 Å². The van der Waals surface area contributed by atoms with E-state index in [1.807, 2.05) is 16.7 Å². The monoisotopic (exact) mass is 311 g/mol. The van der Waals surface area contributed by atoms with Gasteiger partial charge in [0.2, 0.25) is 0 Å². The molecule has 1 aliphatic rings. The lowest BCUT2D eigenvalue weighted by Crippen LogP contribution is -2.35. The minimum absolute atomic E-state index is 0.136. The highest BCUT2D eigenvalue weighted by Gasteiger charge is 2.24. The van der Waals surface area contributed by atoms with Crippen LogP contribution in [-0.2, 0) is 6.54 Å². The number of anilines is 1. The van der Waals surface area contributed by atoms with Crippen LogP contribution >= 0.6 is 0 Å². The number of ether oxygens (including phenoxy) is 1. The second-order valence-electron chi connectivity index (χ2n) is 5.88. The van der Waals surface area contributed by atoms with Crippen LogP contribution in [-0.4, -0.2) is 16.0 Å². The van der Waals surface area contributed by atoms with Gasteiger partial charge in [-0.15, -0.1) is 0 Å². The molecular weight excluding hydrogens is 294 g/mol. The molecule has 1 fully saturated rings. The third-order valence-corrected chi connectivity index (χ3v) is 4.17. The van der Waals surface area contributed by atoms with E-state index in [-0.39, 0.29) is 11.4 Å². The predicted molar refractivity (Wildman–Crippen MR) is 87.0 cm³/mol. The number of pyridine rings is 1. The smallest absolute Gasteiger partial charge is 0.272 e. The average Bonchev–Trinajstić information content (AvgIpc) is 3.33. The predicted octanol–water partition coefficient (Wildman–Crippen LogP) is 1.82. The van der Waals surface area contributed by atoms with Gasteiger partial charge in [0.25, 0.3) is 10.9 Å². The van der Waals surface area contributed by atoms with E-state index in [9.17, 15) is 9.59 Å². The lowest BCUT2D eigenvalue weighted by molar-refractivity contribution is 0.334. The molecule has 0 bridgehead atoms. The molecule has 0 atom stereocenters. The molecule has 4 rings (SSSR count). The molecule has 0 spiro atoms. The van der Waals surface area contributed by atoms with E-state index >= 15 is 0 Å². The number of imidazole rings is 1. The van der Waals surface area contributed by atoms with Crippen molar-refractivity contribution in [3.8, 4) is 5.75 Å². The van der Waals surface area contributed by atoms with Crippen LogP contribution in [0.1, 0.15) is 36.9 Å². The van der Waals surface area contributed by atoms with Crippen LogP contribution in [0.25, 0.3) is 5.65 Å². The highest BCUT2D eigenvalue weighted by Crippen LogP contribution is 2.39. The molecular formula is C17H17N3O3. The Bertz CT molecular complexity index is 946. The van der Waals surface area contributed by atoms with Crippen LogP contribution in [0.4, 0.5) is 5.69 Å². The summed E-state index contributed by atoms with van der Waals surface area (Å²) in [5.41, 5.74) is 2.21. The molecule has 1 saturated carbocycles. The Balaban J connectivity index is 1.53. The van der Waals surface area contributed by atoms with Crippen molar-refractivity contribution >= 4 is 11.3 Å². The molecule has 23 heavy (non-hydrogen) atoms. The second kappa shape index (κ2) is 5.22. The number of hydrogen-bond acceptors (Lipinski definition) is 5. The van der Waals surface area contributed by atoms with Crippen LogP contribution in [0.2, 0.25) is 0 Å². The standard InChI is InChI=1S/C17H17N3O3/c1-2-23-17-14(15(21)16(17)22)18-7-12-9-20-8-11(10-3-4-10)5-6-13(20)19-12/h5-6,8-10,18H,2-4,7H2,1H3. The molecule has 6 heteroatoms. The molecule has 0 unspecified atom stereocenters. The Morgan fingerprint density at radius 1 is 1.26 bits per heavy atom. The zero-order valence-electron chi connectivity index (χ0n) is 12.8. The van der Waals surface area contributed by atoms with E-state index in [0.29, 0.717) is 19.1 Å². The molecule has 2 heterocycles. The zero-order chi connectivity index (χ0) is 16.0. The first kappa shape index (κ1) is 14.0. The summed E-state index contributed by atoms with van der Waals surface area (Å²) in [6.45, 7) is 2.52. The van der Waals surface area contributed by atoms with Crippen molar-refractivity contribution in [2.24, 2.45) is 0 Å². The SMILES string of the molecule is CCOc1c(NCc2cn3cc(C4CC4)ccc3n2)c(=O)c1=O. The summed E-state index contributed by atoms with van der Waals surface area (Å²) in [6, 6.07) is 4.14. The largest absolute Gasteiger partial charge is 0.488 e. The number of nitrogens with zero attached hydrogens (tertiary/aromatic N) is 2. The topological polar surface area (TPSA) is 72.7 Å². The molecule has 0 aliphatic heterocycles. The summed E-state index contributed by atoms with van der Waals surface area (Å²) in [6.07, 6.45) is 6.59. The molecule has 2 aromatic heterocycles. The van der Waals surface area contributed by atoms with Crippen LogP contribution in [0.15, 0.2) is 34.1 Å². The van der Waals surface area contributed by atoms with Crippen molar-refractivity contribution in [1.29, 1.82) is 0 Å². The number of aromatic nitrogens is 2. The van der Waals surface area contributed by atoms with Crippen molar-refractivity contribution in [3.63, 3.8) is 0 Å². The normalized spacial score (nSPS) is 14.5. The van der Waals surface area contributed by atoms with E-state index in [0.717, 1.165) is 11.3 Å². The Labute approximate surface area is 132 Å². The average molecular weight is 311 g/mol. The maximum absolute atomic E-state index is 11.6. The molecule has 0 amide bonds. The zero-order valence-corrected chi connectivity index (χ0v) is 12.8. The fourth-order valence-corrected chi connectivity index (χ4v) is 2.80. The van der Waals surface area contributed by atoms with E-state index in [1.54, 1.807) is 6.92 Å². The van der Waals surface area contributed by atoms with Crippen molar-refractivity contribution in [2.75, 3.05) is 11.9 Å². The summed E-state index contributed by atoms with van der Waals surface area (Å²) < 4.78 is 7.20. The van der Waals surface area contributed by atoms with Gasteiger partial charge in [-0.3, -0.25) is 9.59 Å². The van der Waals surface area contributed by atoms with E-state index < -0.39 is 10.9 Å². The quantitative estimate of drug-likeness (QED) is 0.703. The molecule has 0 radical (unpaired) electrons. The van der Waals surface area contributed by atoms with Gasteiger partial charge in [0.05, 0.1) is 18.8 Å². The Kier molecular flexibility index (Phi) is 3.18. The lowest BCUT2D eigenvalue weighted by atomic mass is 10.2. The van der Waals surface area contributed by atoms with Gasteiger partial charge in [-0.05, 0) is 37.3 Å². The second-order valence-corrected chi connectivity index (χ2v) is 5.88. The van der Waals surface area contributed by atoms with Crippen molar-refractivity contribution in [3.05, 3.63) is 56.2 Å². The first-order valence-corrected chi connectivity index (χ1v) is 7.85. The summed E-state index contributed by atoms with van der Waals surface area (Å²) in [5, 5.41) is 2.97.